The zero-order chi connectivity index (χ0) is 15.9. The van der Waals surface area contributed by atoms with Crippen molar-refractivity contribution in [2.24, 2.45) is 0 Å². The lowest BCUT2D eigenvalue weighted by molar-refractivity contribution is 0.231. The molecule has 0 saturated carbocycles. The number of para-hydroxylation sites is 1. The van der Waals surface area contributed by atoms with E-state index in [1.165, 1.54) is 11.3 Å². The first kappa shape index (κ1) is 17.0. The van der Waals surface area contributed by atoms with Crippen molar-refractivity contribution in [1.82, 2.24) is 9.47 Å². The maximum absolute atomic E-state index is 12.0. The van der Waals surface area contributed by atoms with Gasteiger partial charge in [-0.1, -0.05) is 37.3 Å². The lowest BCUT2D eigenvalue weighted by atomic mass is 10.3. The average molecular weight is 338 g/mol. The third-order valence-corrected chi connectivity index (χ3v) is 4.70. The standard InChI is InChI=1S/C16H22N2O2S2/c1-3-9-17(10-4-2)16(21)20-12-11-18-13-7-5-6-8-14(13)22-15(18)19/h5-8H,3-4,9-12H2,1-2H3. The maximum atomic E-state index is 12.0. The van der Waals surface area contributed by atoms with E-state index < -0.39 is 0 Å². The predicted octanol–water partition coefficient (Wildman–Crippen LogP) is 3.49. The molecule has 22 heavy (non-hydrogen) atoms. The molecule has 120 valence electrons. The van der Waals surface area contributed by atoms with Crippen LogP contribution in [0.1, 0.15) is 26.7 Å². The lowest BCUT2D eigenvalue weighted by Crippen LogP contribution is -2.33. The SMILES string of the molecule is CCCN(CCC)C(=S)OCCn1c(=O)sc2ccccc21. The van der Waals surface area contributed by atoms with Gasteiger partial charge in [0.25, 0.3) is 5.17 Å². The van der Waals surface area contributed by atoms with Crippen molar-refractivity contribution in [3.63, 3.8) is 0 Å². The molecule has 1 aromatic heterocycles. The molecule has 0 aliphatic rings. The summed E-state index contributed by atoms with van der Waals surface area (Å²) in [5.74, 6) is 0. The first-order valence-corrected chi connectivity index (χ1v) is 8.90. The highest BCUT2D eigenvalue weighted by Gasteiger charge is 2.10. The normalized spacial score (nSPS) is 10.8. The molecular weight excluding hydrogens is 316 g/mol. The summed E-state index contributed by atoms with van der Waals surface area (Å²) < 4.78 is 8.45. The Kier molecular flexibility index (Phi) is 6.39. The fourth-order valence-electron chi connectivity index (χ4n) is 2.38. The van der Waals surface area contributed by atoms with Gasteiger partial charge in [0.05, 0.1) is 16.8 Å². The molecule has 0 amide bonds. The van der Waals surface area contributed by atoms with E-state index in [1.807, 2.05) is 24.3 Å². The molecule has 0 N–H and O–H groups in total. The van der Waals surface area contributed by atoms with Crippen molar-refractivity contribution in [1.29, 1.82) is 0 Å². The third kappa shape index (κ3) is 4.08. The number of thiazole rings is 1. The molecule has 0 fully saturated rings. The Labute approximate surface area is 140 Å². The molecule has 6 heteroatoms. The summed E-state index contributed by atoms with van der Waals surface area (Å²) in [6.45, 7) is 7.02. The summed E-state index contributed by atoms with van der Waals surface area (Å²) in [7, 11) is 0. The van der Waals surface area contributed by atoms with Gasteiger partial charge < -0.3 is 9.64 Å². The van der Waals surface area contributed by atoms with Crippen LogP contribution >= 0.6 is 23.6 Å². The molecular formula is C16H22N2O2S2. The van der Waals surface area contributed by atoms with Crippen LogP contribution < -0.4 is 4.87 Å². The minimum atomic E-state index is 0.0506. The summed E-state index contributed by atoms with van der Waals surface area (Å²) >= 11 is 6.62. The van der Waals surface area contributed by atoms with Crippen LogP contribution in [0.4, 0.5) is 0 Å². The molecule has 4 nitrogen and oxygen atoms in total. The fraction of sp³-hybridized carbons (Fsp3) is 0.500. The molecule has 0 aliphatic carbocycles. The second-order valence-electron chi connectivity index (χ2n) is 5.09. The van der Waals surface area contributed by atoms with E-state index in [-0.39, 0.29) is 4.87 Å². The summed E-state index contributed by atoms with van der Waals surface area (Å²) in [4.78, 5) is 14.2. The van der Waals surface area contributed by atoms with E-state index >= 15 is 0 Å². The number of ether oxygens (including phenoxy) is 1. The van der Waals surface area contributed by atoms with E-state index in [9.17, 15) is 4.79 Å². The molecule has 0 unspecified atom stereocenters. The molecule has 1 heterocycles. The fourth-order valence-corrected chi connectivity index (χ4v) is 3.56. The topological polar surface area (TPSA) is 34.5 Å². The predicted molar refractivity (Wildman–Crippen MR) is 96.8 cm³/mol. The van der Waals surface area contributed by atoms with Gasteiger partial charge in [-0.15, -0.1) is 0 Å². The van der Waals surface area contributed by atoms with Gasteiger partial charge in [0, 0.05) is 13.1 Å². The number of aromatic nitrogens is 1. The summed E-state index contributed by atoms with van der Waals surface area (Å²) in [5, 5.41) is 0.538. The van der Waals surface area contributed by atoms with Gasteiger partial charge in [-0.3, -0.25) is 9.36 Å². The number of hydrogen-bond donors (Lipinski definition) is 0. The second-order valence-corrected chi connectivity index (χ2v) is 6.43. The Morgan fingerprint density at radius 1 is 1.27 bits per heavy atom. The van der Waals surface area contributed by atoms with Crippen LogP contribution in [0, 0.1) is 0 Å². The van der Waals surface area contributed by atoms with Crippen LogP contribution in [0.15, 0.2) is 29.1 Å². The van der Waals surface area contributed by atoms with E-state index in [0.717, 1.165) is 36.1 Å². The Hall–Kier alpha value is -1.40. The van der Waals surface area contributed by atoms with E-state index in [2.05, 4.69) is 18.7 Å². The minimum absolute atomic E-state index is 0.0506. The highest BCUT2D eigenvalue weighted by atomic mass is 32.1. The van der Waals surface area contributed by atoms with Crippen molar-refractivity contribution in [2.75, 3.05) is 19.7 Å². The number of fused-ring (bicyclic) bond motifs is 1. The average Bonchev–Trinajstić information content (AvgIpc) is 2.83. The van der Waals surface area contributed by atoms with Crippen molar-refractivity contribution in [2.45, 2.75) is 33.2 Å². The first-order valence-electron chi connectivity index (χ1n) is 7.67. The molecule has 0 radical (unpaired) electrons. The van der Waals surface area contributed by atoms with E-state index in [1.54, 1.807) is 4.57 Å². The monoisotopic (exact) mass is 338 g/mol. The van der Waals surface area contributed by atoms with Gasteiger partial charge in [-0.05, 0) is 37.2 Å². The molecule has 0 aliphatic heterocycles. The summed E-state index contributed by atoms with van der Waals surface area (Å²) in [5.41, 5.74) is 0.964. The molecule has 2 aromatic rings. The first-order chi connectivity index (χ1) is 10.7. The Balaban J connectivity index is 1.96. The zero-order valence-corrected chi connectivity index (χ0v) is 14.7. The quantitative estimate of drug-likeness (QED) is 0.724. The Bertz CT molecular complexity index is 672. The third-order valence-electron chi connectivity index (χ3n) is 3.36. The number of hydrogen-bond acceptors (Lipinski definition) is 4. The van der Waals surface area contributed by atoms with Crippen LogP contribution in [0.25, 0.3) is 10.2 Å². The van der Waals surface area contributed by atoms with Crippen molar-refractivity contribution in [3.05, 3.63) is 33.9 Å². The lowest BCUT2D eigenvalue weighted by Gasteiger charge is -2.23. The number of thiocarbonyl (C=S) groups is 1. The van der Waals surface area contributed by atoms with Gasteiger partial charge in [0.15, 0.2) is 0 Å². The van der Waals surface area contributed by atoms with Crippen molar-refractivity contribution in [3.8, 4) is 0 Å². The molecule has 2 rings (SSSR count). The van der Waals surface area contributed by atoms with Gasteiger partial charge >= 0.3 is 4.87 Å². The van der Waals surface area contributed by atoms with Crippen LogP contribution in [-0.4, -0.2) is 34.3 Å². The molecule has 0 saturated heterocycles. The zero-order valence-electron chi connectivity index (χ0n) is 13.1. The largest absolute Gasteiger partial charge is 0.469 e. The Morgan fingerprint density at radius 3 is 2.64 bits per heavy atom. The van der Waals surface area contributed by atoms with Crippen LogP contribution in [-0.2, 0) is 11.3 Å². The highest BCUT2D eigenvalue weighted by Crippen LogP contribution is 2.16. The van der Waals surface area contributed by atoms with E-state index in [0.29, 0.717) is 18.3 Å². The highest BCUT2D eigenvalue weighted by molar-refractivity contribution is 7.80. The number of rotatable bonds is 7. The van der Waals surface area contributed by atoms with Crippen molar-refractivity contribution >= 4 is 38.9 Å². The minimum Gasteiger partial charge on any atom is -0.469 e. The van der Waals surface area contributed by atoms with Gasteiger partial charge in [0.2, 0.25) is 0 Å². The van der Waals surface area contributed by atoms with Gasteiger partial charge in [-0.2, -0.15) is 0 Å². The second kappa shape index (κ2) is 8.29. The van der Waals surface area contributed by atoms with Crippen LogP contribution in [0.3, 0.4) is 0 Å². The number of benzene rings is 1. The van der Waals surface area contributed by atoms with Crippen LogP contribution in [0.2, 0.25) is 0 Å². The smallest absolute Gasteiger partial charge is 0.308 e. The van der Waals surface area contributed by atoms with Gasteiger partial charge in [-0.25, -0.2) is 0 Å². The number of nitrogens with zero attached hydrogens (tertiary/aromatic N) is 2. The van der Waals surface area contributed by atoms with E-state index in [4.69, 9.17) is 17.0 Å². The molecule has 0 bridgehead atoms. The van der Waals surface area contributed by atoms with Crippen LogP contribution in [0.5, 0.6) is 0 Å². The molecule has 0 spiro atoms. The summed E-state index contributed by atoms with van der Waals surface area (Å²) in [6.07, 6.45) is 2.08. The van der Waals surface area contributed by atoms with Crippen molar-refractivity contribution < 1.29 is 4.74 Å². The molecule has 1 aromatic carbocycles. The van der Waals surface area contributed by atoms with Gasteiger partial charge in [0.1, 0.15) is 6.61 Å². The molecule has 0 atom stereocenters. The maximum Gasteiger partial charge on any atom is 0.308 e. The Morgan fingerprint density at radius 2 is 1.95 bits per heavy atom. The summed E-state index contributed by atoms with van der Waals surface area (Å²) in [6, 6.07) is 7.82.